The van der Waals surface area contributed by atoms with Gasteiger partial charge in [-0.2, -0.15) is 0 Å². The monoisotopic (exact) mass is 387 g/mol. The van der Waals surface area contributed by atoms with Crippen molar-refractivity contribution in [1.29, 1.82) is 0 Å². The lowest BCUT2D eigenvalue weighted by Gasteiger charge is -2.18. The summed E-state index contributed by atoms with van der Waals surface area (Å²) in [6, 6.07) is 21.8. The first-order valence-corrected chi connectivity index (χ1v) is 9.22. The van der Waals surface area contributed by atoms with Gasteiger partial charge in [0.25, 0.3) is 5.91 Å². The number of halogens is 1. The topological polar surface area (TPSA) is 66.4 Å². The molecule has 0 unspecified atom stereocenters. The Labute approximate surface area is 166 Å². The normalized spacial score (nSPS) is 12.0. The Morgan fingerprint density at radius 3 is 2.00 bits per heavy atom. The van der Waals surface area contributed by atoms with E-state index in [1.807, 2.05) is 48.5 Å². The second-order valence-electron chi connectivity index (χ2n) is 6.85. The van der Waals surface area contributed by atoms with Crippen LogP contribution in [0.2, 0.25) is 0 Å². The lowest BCUT2D eigenvalue weighted by molar-refractivity contribution is -0.139. The van der Waals surface area contributed by atoms with Crippen LogP contribution in [0.4, 0.5) is 4.39 Å². The minimum Gasteiger partial charge on any atom is -0.480 e. The molecule has 0 radical (unpaired) electrons. The highest BCUT2D eigenvalue weighted by atomic mass is 19.1. The number of aliphatic carboxylic acids is 1. The van der Waals surface area contributed by atoms with Gasteiger partial charge in [-0.3, -0.25) is 4.79 Å². The van der Waals surface area contributed by atoms with Gasteiger partial charge < -0.3 is 10.4 Å². The summed E-state index contributed by atoms with van der Waals surface area (Å²) in [5.74, 6) is -2.61. The lowest BCUT2D eigenvalue weighted by Crippen LogP contribution is -2.42. The standard InChI is InChI=1S/C24H18FNO3/c25-21-12-6-5-11-19(21)23(27)26-22(24(28)29)14-20-17-9-3-1-7-15(17)13-16-8-2-4-10-18(16)20/h1-13,22H,14H2,(H,26,27)(H,28,29)/t22-/m0/s1. The molecule has 2 N–H and O–H groups in total. The van der Waals surface area contributed by atoms with E-state index < -0.39 is 23.7 Å². The van der Waals surface area contributed by atoms with E-state index in [0.717, 1.165) is 27.1 Å². The van der Waals surface area contributed by atoms with Crippen LogP contribution in [-0.4, -0.2) is 23.0 Å². The first-order chi connectivity index (χ1) is 14.0. The summed E-state index contributed by atoms with van der Waals surface area (Å²) in [5.41, 5.74) is 0.654. The molecule has 1 atom stereocenters. The molecular weight excluding hydrogens is 369 g/mol. The van der Waals surface area contributed by atoms with E-state index in [2.05, 4.69) is 11.4 Å². The number of fused-ring (bicyclic) bond motifs is 2. The molecule has 144 valence electrons. The summed E-state index contributed by atoms with van der Waals surface area (Å²) < 4.78 is 13.9. The lowest BCUT2D eigenvalue weighted by atomic mass is 9.92. The van der Waals surface area contributed by atoms with Crippen molar-refractivity contribution in [3.63, 3.8) is 0 Å². The average molecular weight is 387 g/mol. The van der Waals surface area contributed by atoms with Crippen LogP contribution < -0.4 is 5.32 Å². The number of hydrogen-bond acceptors (Lipinski definition) is 2. The Hall–Kier alpha value is -3.73. The molecule has 0 fully saturated rings. The van der Waals surface area contributed by atoms with Gasteiger partial charge in [-0.25, -0.2) is 9.18 Å². The summed E-state index contributed by atoms with van der Waals surface area (Å²) in [6.45, 7) is 0. The Morgan fingerprint density at radius 1 is 0.862 bits per heavy atom. The average Bonchev–Trinajstić information content (AvgIpc) is 2.73. The molecular formula is C24H18FNO3. The first kappa shape index (κ1) is 18.6. The van der Waals surface area contributed by atoms with E-state index in [1.165, 1.54) is 24.3 Å². The summed E-state index contributed by atoms with van der Waals surface area (Å²) in [4.78, 5) is 24.4. The van der Waals surface area contributed by atoms with Crippen molar-refractivity contribution in [2.24, 2.45) is 0 Å². The predicted octanol–water partition coefficient (Wildman–Crippen LogP) is 4.56. The van der Waals surface area contributed by atoms with Crippen LogP contribution in [0.5, 0.6) is 0 Å². The summed E-state index contributed by atoms with van der Waals surface area (Å²) in [6.07, 6.45) is 0.0807. The van der Waals surface area contributed by atoms with Crippen LogP contribution in [0.3, 0.4) is 0 Å². The molecule has 0 spiro atoms. The van der Waals surface area contributed by atoms with Gasteiger partial charge in [-0.15, -0.1) is 0 Å². The molecule has 4 rings (SSSR count). The Morgan fingerprint density at radius 2 is 1.41 bits per heavy atom. The second kappa shape index (κ2) is 7.72. The van der Waals surface area contributed by atoms with E-state index >= 15 is 0 Å². The van der Waals surface area contributed by atoms with E-state index in [0.29, 0.717) is 0 Å². The minimum absolute atomic E-state index is 0.0807. The first-order valence-electron chi connectivity index (χ1n) is 9.22. The van der Waals surface area contributed by atoms with Crippen LogP contribution >= 0.6 is 0 Å². The number of carbonyl (C=O) groups excluding carboxylic acids is 1. The highest BCUT2D eigenvalue weighted by Gasteiger charge is 2.24. The third-order valence-corrected chi connectivity index (χ3v) is 5.01. The van der Waals surface area contributed by atoms with Crippen LogP contribution in [0.1, 0.15) is 15.9 Å². The molecule has 0 bridgehead atoms. The molecule has 0 aromatic heterocycles. The zero-order valence-electron chi connectivity index (χ0n) is 15.4. The Kier molecular flexibility index (Phi) is 4.96. The highest BCUT2D eigenvalue weighted by Crippen LogP contribution is 2.29. The second-order valence-corrected chi connectivity index (χ2v) is 6.85. The van der Waals surface area contributed by atoms with E-state index in [4.69, 9.17) is 0 Å². The molecule has 5 heteroatoms. The van der Waals surface area contributed by atoms with Crippen molar-refractivity contribution in [2.45, 2.75) is 12.5 Å². The van der Waals surface area contributed by atoms with E-state index in [-0.39, 0.29) is 12.0 Å². The summed E-state index contributed by atoms with van der Waals surface area (Å²) in [7, 11) is 0. The van der Waals surface area contributed by atoms with Crippen molar-refractivity contribution in [3.05, 3.63) is 95.8 Å². The van der Waals surface area contributed by atoms with Crippen molar-refractivity contribution in [2.75, 3.05) is 0 Å². The molecule has 1 amide bonds. The maximum Gasteiger partial charge on any atom is 0.326 e. The number of hydrogen-bond donors (Lipinski definition) is 2. The zero-order valence-corrected chi connectivity index (χ0v) is 15.4. The number of rotatable bonds is 5. The molecule has 0 aliphatic heterocycles. The Bertz CT molecular complexity index is 1180. The molecule has 0 aliphatic carbocycles. The molecule has 0 saturated heterocycles. The van der Waals surface area contributed by atoms with Gasteiger partial charge in [-0.1, -0.05) is 60.7 Å². The van der Waals surface area contributed by atoms with Crippen molar-refractivity contribution in [3.8, 4) is 0 Å². The molecule has 4 aromatic rings. The maximum atomic E-state index is 13.9. The van der Waals surface area contributed by atoms with Gasteiger partial charge in [0.2, 0.25) is 0 Å². The fourth-order valence-electron chi connectivity index (χ4n) is 3.61. The summed E-state index contributed by atoms with van der Waals surface area (Å²) in [5, 5.41) is 16.0. The fraction of sp³-hybridized carbons (Fsp3) is 0.0833. The number of carboxylic acid groups (broad SMARTS) is 1. The quantitative estimate of drug-likeness (QED) is 0.494. The molecule has 29 heavy (non-hydrogen) atoms. The van der Waals surface area contributed by atoms with Crippen LogP contribution in [0, 0.1) is 5.82 Å². The molecule has 4 aromatic carbocycles. The number of benzene rings is 4. The fourth-order valence-corrected chi connectivity index (χ4v) is 3.61. The SMILES string of the molecule is O=C(N[C@@H](Cc1c2ccccc2cc2ccccc12)C(=O)O)c1ccccc1F. The van der Waals surface area contributed by atoms with Gasteiger partial charge >= 0.3 is 5.97 Å². The third-order valence-electron chi connectivity index (χ3n) is 5.01. The van der Waals surface area contributed by atoms with Gasteiger partial charge in [0.1, 0.15) is 11.9 Å². The van der Waals surface area contributed by atoms with Gasteiger partial charge in [0.15, 0.2) is 0 Å². The van der Waals surface area contributed by atoms with Crippen LogP contribution in [0.15, 0.2) is 78.9 Å². The van der Waals surface area contributed by atoms with E-state index in [1.54, 1.807) is 0 Å². The molecule has 4 nitrogen and oxygen atoms in total. The number of carbonyl (C=O) groups is 2. The van der Waals surface area contributed by atoms with Gasteiger partial charge in [0.05, 0.1) is 5.56 Å². The van der Waals surface area contributed by atoms with Crippen LogP contribution in [0.25, 0.3) is 21.5 Å². The Balaban J connectivity index is 1.75. The number of carboxylic acids is 1. The van der Waals surface area contributed by atoms with Crippen molar-refractivity contribution in [1.82, 2.24) is 5.32 Å². The molecule has 0 saturated carbocycles. The predicted molar refractivity (Wildman–Crippen MR) is 110 cm³/mol. The number of nitrogens with one attached hydrogen (secondary N) is 1. The summed E-state index contributed by atoms with van der Waals surface area (Å²) >= 11 is 0. The van der Waals surface area contributed by atoms with Crippen molar-refractivity contribution < 1.29 is 19.1 Å². The third kappa shape index (κ3) is 3.67. The minimum atomic E-state index is -1.20. The maximum absolute atomic E-state index is 13.9. The highest BCUT2D eigenvalue weighted by molar-refractivity contribution is 6.03. The van der Waals surface area contributed by atoms with E-state index in [9.17, 15) is 19.1 Å². The van der Waals surface area contributed by atoms with Crippen molar-refractivity contribution >= 4 is 33.4 Å². The van der Waals surface area contributed by atoms with Crippen LogP contribution in [-0.2, 0) is 11.2 Å². The van der Waals surface area contributed by atoms with Gasteiger partial charge in [-0.05, 0) is 45.3 Å². The number of amides is 1. The molecule has 0 aliphatic rings. The smallest absolute Gasteiger partial charge is 0.326 e. The van der Waals surface area contributed by atoms with Gasteiger partial charge in [0, 0.05) is 6.42 Å². The molecule has 0 heterocycles. The largest absolute Gasteiger partial charge is 0.480 e. The zero-order chi connectivity index (χ0) is 20.4.